The molecule has 1 aromatic heterocycles. The fourth-order valence-electron chi connectivity index (χ4n) is 4.75. The first-order valence-electron chi connectivity index (χ1n) is 9.90. The molecule has 2 atom stereocenters. The number of thioether (sulfide) groups is 1. The maximum absolute atomic E-state index is 13.2. The van der Waals surface area contributed by atoms with Crippen LogP contribution in [0.1, 0.15) is 24.8 Å². The number of aryl methyl sites for hydroxylation is 2. The molecule has 1 saturated heterocycles. The van der Waals surface area contributed by atoms with Gasteiger partial charge in [-0.15, -0.1) is 0 Å². The Morgan fingerprint density at radius 1 is 1.21 bits per heavy atom. The molecule has 1 saturated carbocycles. The quantitative estimate of drug-likeness (QED) is 0.762. The lowest BCUT2D eigenvalue weighted by molar-refractivity contribution is 0.288. The summed E-state index contributed by atoms with van der Waals surface area (Å²) in [5, 5.41) is 1.58. The normalized spacial score (nSPS) is 25.5. The zero-order valence-electron chi connectivity index (χ0n) is 16.0. The van der Waals surface area contributed by atoms with Crippen LogP contribution in [0.5, 0.6) is 5.75 Å². The van der Waals surface area contributed by atoms with Crippen LogP contribution in [0.25, 0.3) is 0 Å². The van der Waals surface area contributed by atoms with Crippen LogP contribution < -0.4 is 4.74 Å². The van der Waals surface area contributed by atoms with Gasteiger partial charge in [-0.3, -0.25) is 0 Å². The van der Waals surface area contributed by atoms with E-state index in [9.17, 15) is 8.42 Å². The van der Waals surface area contributed by atoms with E-state index in [1.54, 1.807) is 10.4 Å². The smallest absolute Gasteiger partial charge is 0.243 e. The molecule has 2 aromatic rings. The molecule has 0 N–H and O–H groups in total. The zero-order chi connectivity index (χ0) is 19.3. The summed E-state index contributed by atoms with van der Waals surface area (Å²) < 4.78 is 35.8. The summed E-state index contributed by atoms with van der Waals surface area (Å²) in [7, 11) is -1.42. The van der Waals surface area contributed by atoms with E-state index in [0.29, 0.717) is 41.7 Å². The van der Waals surface area contributed by atoms with Crippen LogP contribution in [0.3, 0.4) is 0 Å². The van der Waals surface area contributed by atoms with Crippen molar-refractivity contribution in [1.29, 1.82) is 0 Å². The van der Waals surface area contributed by atoms with Crippen LogP contribution in [0, 0.1) is 11.8 Å². The number of ether oxygens (including phenoxy) is 1. The molecular formula is C20H25N3O3S2. The van der Waals surface area contributed by atoms with Gasteiger partial charge in [-0.1, -0.05) is 11.8 Å². The third kappa shape index (κ3) is 3.25. The summed E-state index contributed by atoms with van der Waals surface area (Å²) in [5.74, 6) is 1.74. The predicted octanol–water partition coefficient (Wildman–Crippen LogP) is 2.94. The molecule has 8 heteroatoms. The molecule has 3 aliphatic rings. The summed E-state index contributed by atoms with van der Waals surface area (Å²) in [4.78, 5) is 4.82. The first kappa shape index (κ1) is 18.5. The van der Waals surface area contributed by atoms with E-state index in [-0.39, 0.29) is 0 Å². The molecule has 6 nitrogen and oxygen atoms in total. The van der Waals surface area contributed by atoms with Crippen molar-refractivity contribution in [2.24, 2.45) is 18.9 Å². The number of hydrogen-bond acceptors (Lipinski definition) is 5. The van der Waals surface area contributed by atoms with Gasteiger partial charge in [-0.2, -0.15) is 4.31 Å². The molecule has 2 aliphatic heterocycles. The van der Waals surface area contributed by atoms with Crippen LogP contribution >= 0.6 is 11.8 Å². The molecule has 0 spiro atoms. The van der Waals surface area contributed by atoms with Gasteiger partial charge in [0.1, 0.15) is 5.75 Å². The van der Waals surface area contributed by atoms with Crippen molar-refractivity contribution < 1.29 is 13.2 Å². The monoisotopic (exact) mass is 419 g/mol. The lowest BCUT2D eigenvalue weighted by atomic mass is 10.0. The number of aromatic nitrogens is 2. The minimum Gasteiger partial charge on any atom is -0.493 e. The molecule has 3 heterocycles. The molecule has 0 bridgehead atoms. The lowest BCUT2D eigenvalue weighted by Crippen LogP contribution is -2.30. The second-order valence-electron chi connectivity index (χ2n) is 8.10. The van der Waals surface area contributed by atoms with E-state index >= 15 is 0 Å². The Morgan fingerprint density at radius 2 is 2.00 bits per heavy atom. The molecule has 28 heavy (non-hydrogen) atoms. The highest BCUT2D eigenvalue weighted by Gasteiger charge is 2.45. The van der Waals surface area contributed by atoms with Crippen LogP contribution in [0.2, 0.25) is 0 Å². The second-order valence-corrected chi connectivity index (χ2v) is 11.3. The number of sulfonamides is 1. The Hall–Kier alpha value is -1.51. The Kier molecular flexibility index (Phi) is 4.68. The standard InChI is InChI=1S/C20H25N3O3S2/c1-22-7-6-21-20(22)27-17-9-15-12-23(13-16(15)10-17)28(24,25)18-4-5-19-14(11-18)3-2-8-26-19/h4-7,11,15-17H,2-3,8-10,12-13H2,1H3/t15-,16-/m1/s1. The van der Waals surface area contributed by atoms with Crippen molar-refractivity contribution in [1.82, 2.24) is 13.9 Å². The fourth-order valence-corrected chi connectivity index (χ4v) is 7.69. The fraction of sp³-hybridized carbons (Fsp3) is 0.550. The van der Waals surface area contributed by atoms with Crippen molar-refractivity contribution in [3.63, 3.8) is 0 Å². The molecule has 2 fully saturated rings. The average Bonchev–Trinajstić information content (AvgIpc) is 3.37. The van der Waals surface area contributed by atoms with Gasteiger partial charge in [0.25, 0.3) is 0 Å². The van der Waals surface area contributed by atoms with E-state index < -0.39 is 10.0 Å². The van der Waals surface area contributed by atoms with Gasteiger partial charge in [0.2, 0.25) is 10.0 Å². The van der Waals surface area contributed by atoms with Gasteiger partial charge in [-0.25, -0.2) is 13.4 Å². The molecule has 0 radical (unpaired) electrons. The van der Waals surface area contributed by atoms with Crippen molar-refractivity contribution in [2.75, 3.05) is 19.7 Å². The minimum atomic E-state index is -3.43. The van der Waals surface area contributed by atoms with Gasteiger partial charge in [0.15, 0.2) is 5.16 Å². The highest BCUT2D eigenvalue weighted by molar-refractivity contribution is 7.99. The second kappa shape index (κ2) is 7.07. The average molecular weight is 420 g/mol. The third-order valence-corrected chi connectivity index (χ3v) is 9.39. The van der Waals surface area contributed by atoms with Gasteiger partial charge in [-0.05, 0) is 61.3 Å². The number of hydrogen-bond donors (Lipinski definition) is 0. The molecule has 1 aromatic carbocycles. The van der Waals surface area contributed by atoms with Crippen LogP contribution in [-0.4, -0.2) is 47.2 Å². The van der Waals surface area contributed by atoms with Crippen molar-refractivity contribution in [3.05, 3.63) is 36.2 Å². The number of fused-ring (bicyclic) bond motifs is 2. The van der Waals surface area contributed by atoms with Gasteiger partial charge in [0, 0.05) is 37.8 Å². The Balaban J connectivity index is 1.27. The summed E-state index contributed by atoms with van der Waals surface area (Å²) in [6, 6.07) is 5.34. The summed E-state index contributed by atoms with van der Waals surface area (Å²) in [6.45, 7) is 1.99. The van der Waals surface area contributed by atoms with E-state index in [1.165, 1.54) is 0 Å². The number of benzene rings is 1. The van der Waals surface area contributed by atoms with Crippen molar-refractivity contribution in [3.8, 4) is 5.75 Å². The lowest BCUT2D eigenvalue weighted by Gasteiger charge is -2.21. The predicted molar refractivity (Wildman–Crippen MR) is 108 cm³/mol. The first-order chi connectivity index (χ1) is 13.5. The summed E-state index contributed by atoms with van der Waals surface area (Å²) >= 11 is 1.83. The molecule has 150 valence electrons. The van der Waals surface area contributed by atoms with Gasteiger partial charge in [0.05, 0.1) is 11.5 Å². The molecule has 1 aliphatic carbocycles. The Bertz CT molecular complexity index is 974. The summed E-state index contributed by atoms with van der Waals surface area (Å²) in [5.41, 5.74) is 1.01. The number of rotatable bonds is 4. The summed E-state index contributed by atoms with van der Waals surface area (Å²) in [6.07, 6.45) is 7.75. The van der Waals surface area contributed by atoms with Gasteiger partial charge >= 0.3 is 0 Å². The number of imidazole rings is 1. The molecule has 5 rings (SSSR count). The largest absolute Gasteiger partial charge is 0.493 e. The van der Waals surface area contributed by atoms with Crippen LogP contribution in [0.15, 0.2) is 40.6 Å². The number of nitrogens with zero attached hydrogens (tertiary/aromatic N) is 3. The first-order valence-corrected chi connectivity index (χ1v) is 12.2. The minimum absolute atomic E-state index is 0.413. The Morgan fingerprint density at radius 3 is 2.71 bits per heavy atom. The van der Waals surface area contributed by atoms with E-state index in [1.807, 2.05) is 43.3 Å². The maximum Gasteiger partial charge on any atom is 0.243 e. The molecule has 0 unspecified atom stereocenters. The van der Waals surface area contributed by atoms with Crippen molar-refractivity contribution in [2.45, 2.75) is 41.0 Å². The Labute approximate surface area is 170 Å². The van der Waals surface area contributed by atoms with E-state index in [0.717, 1.165) is 42.2 Å². The maximum atomic E-state index is 13.2. The highest BCUT2D eigenvalue weighted by Crippen LogP contribution is 2.46. The van der Waals surface area contributed by atoms with Crippen LogP contribution in [0.4, 0.5) is 0 Å². The highest BCUT2D eigenvalue weighted by atomic mass is 32.2. The van der Waals surface area contributed by atoms with Gasteiger partial charge < -0.3 is 9.30 Å². The van der Waals surface area contributed by atoms with Crippen LogP contribution in [-0.2, 0) is 23.5 Å². The topological polar surface area (TPSA) is 64.4 Å². The molecule has 0 amide bonds. The third-order valence-electron chi connectivity index (χ3n) is 6.24. The van der Waals surface area contributed by atoms with E-state index in [2.05, 4.69) is 9.55 Å². The van der Waals surface area contributed by atoms with Crippen molar-refractivity contribution >= 4 is 21.8 Å². The molecular weight excluding hydrogens is 394 g/mol. The van der Waals surface area contributed by atoms with E-state index in [4.69, 9.17) is 4.74 Å². The zero-order valence-corrected chi connectivity index (χ0v) is 17.6. The SMILES string of the molecule is Cn1ccnc1SC1C[C@@H]2CN(S(=O)(=O)c3ccc4c(c3)CCCO4)C[C@H]2C1.